The van der Waals surface area contributed by atoms with Gasteiger partial charge in [0.15, 0.2) is 0 Å². The van der Waals surface area contributed by atoms with Crippen LogP contribution in [0.2, 0.25) is 5.02 Å². The van der Waals surface area contributed by atoms with Crippen LogP contribution in [0.4, 0.5) is 5.69 Å². The van der Waals surface area contributed by atoms with Gasteiger partial charge in [0.1, 0.15) is 11.8 Å². The van der Waals surface area contributed by atoms with Gasteiger partial charge in [-0.05, 0) is 61.2 Å². The fourth-order valence-corrected chi connectivity index (χ4v) is 5.74. The number of sulfonamides is 1. The van der Waals surface area contributed by atoms with Crippen LogP contribution in [0.3, 0.4) is 0 Å². The first kappa shape index (κ1) is 32.9. The number of methoxy groups -OCH3 is 1. The third-order valence-corrected chi connectivity index (χ3v) is 8.44. The number of benzene rings is 3. The molecule has 0 aromatic heterocycles. The molecule has 0 aliphatic carbocycles. The summed E-state index contributed by atoms with van der Waals surface area (Å²) in [6, 6.07) is 22.7. The van der Waals surface area contributed by atoms with Crippen molar-refractivity contribution in [3.63, 3.8) is 0 Å². The SMILES string of the molecule is CC[C@H](C)NC(=O)[C@@H](Cc1ccccc1)N(Cc1cccc(OC)c1)C(=O)CCCN(c1cccc(Cl)c1)S(C)(=O)=O. The average Bonchev–Trinajstić information content (AvgIpc) is 2.96. The van der Waals surface area contributed by atoms with Gasteiger partial charge in [-0.25, -0.2) is 8.42 Å². The first-order valence-corrected chi connectivity index (χ1v) is 16.2. The van der Waals surface area contributed by atoms with Gasteiger partial charge >= 0.3 is 0 Å². The summed E-state index contributed by atoms with van der Waals surface area (Å²) in [6.07, 6.45) is 2.49. The first-order valence-electron chi connectivity index (χ1n) is 14.0. The van der Waals surface area contributed by atoms with Crippen LogP contribution < -0.4 is 14.4 Å². The van der Waals surface area contributed by atoms with Gasteiger partial charge in [0.25, 0.3) is 0 Å². The second-order valence-corrected chi connectivity index (χ2v) is 12.7. The van der Waals surface area contributed by atoms with E-state index in [4.69, 9.17) is 16.3 Å². The van der Waals surface area contributed by atoms with Gasteiger partial charge in [0.05, 0.1) is 19.1 Å². The third kappa shape index (κ3) is 9.77. The van der Waals surface area contributed by atoms with Crippen LogP contribution in [0.25, 0.3) is 0 Å². The highest BCUT2D eigenvalue weighted by atomic mass is 35.5. The van der Waals surface area contributed by atoms with E-state index in [9.17, 15) is 18.0 Å². The van der Waals surface area contributed by atoms with Gasteiger partial charge in [0.2, 0.25) is 21.8 Å². The first-order chi connectivity index (χ1) is 20.0. The summed E-state index contributed by atoms with van der Waals surface area (Å²) in [6.45, 7) is 4.19. The molecule has 10 heteroatoms. The van der Waals surface area contributed by atoms with Gasteiger partial charge in [-0.2, -0.15) is 0 Å². The number of nitrogens with zero attached hydrogens (tertiary/aromatic N) is 2. The molecule has 0 unspecified atom stereocenters. The molecule has 0 aliphatic heterocycles. The van der Waals surface area contributed by atoms with Crippen molar-refractivity contribution in [3.8, 4) is 5.75 Å². The molecule has 0 fully saturated rings. The number of anilines is 1. The van der Waals surface area contributed by atoms with Crippen LogP contribution in [-0.4, -0.2) is 57.1 Å². The van der Waals surface area contributed by atoms with E-state index in [1.165, 1.54) is 4.31 Å². The summed E-state index contributed by atoms with van der Waals surface area (Å²) in [4.78, 5) is 29.2. The van der Waals surface area contributed by atoms with Gasteiger partial charge in [-0.1, -0.05) is 67.1 Å². The Kier molecular flexibility index (Phi) is 12.2. The lowest BCUT2D eigenvalue weighted by atomic mass is 10.0. The number of carbonyl (C=O) groups excluding carboxylic acids is 2. The van der Waals surface area contributed by atoms with E-state index in [-0.39, 0.29) is 43.8 Å². The predicted octanol–water partition coefficient (Wildman–Crippen LogP) is 5.45. The van der Waals surface area contributed by atoms with Crippen LogP contribution in [0.5, 0.6) is 5.75 Å². The second-order valence-electron chi connectivity index (χ2n) is 10.3. The van der Waals surface area contributed by atoms with Crippen molar-refractivity contribution in [2.24, 2.45) is 0 Å². The molecular formula is C32H40ClN3O5S. The van der Waals surface area contributed by atoms with Gasteiger partial charge < -0.3 is 15.0 Å². The fraction of sp³-hybridized carbons (Fsp3) is 0.375. The summed E-state index contributed by atoms with van der Waals surface area (Å²) in [5, 5.41) is 3.47. The molecule has 0 bridgehead atoms. The Balaban J connectivity index is 1.91. The van der Waals surface area contributed by atoms with Crippen LogP contribution in [-0.2, 0) is 32.6 Å². The summed E-state index contributed by atoms with van der Waals surface area (Å²) in [7, 11) is -2.05. The molecule has 42 heavy (non-hydrogen) atoms. The maximum absolute atomic E-state index is 13.9. The minimum Gasteiger partial charge on any atom is -0.497 e. The standard InChI is InChI=1S/C32H40ClN3O5S/c1-5-24(2)34-32(38)30(21-25-12-7-6-8-13-25)35(23-26-14-9-17-29(20-26)41-3)31(37)18-11-19-36(42(4,39)40)28-16-10-15-27(33)22-28/h6-10,12-17,20,22,24,30H,5,11,18-19,21,23H2,1-4H3,(H,34,38)/t24-,30+/m0/s1. The van der Waals surface area contributed by atoms with Crippen molar-refractivity contribution in [2.45, 2.75) is 58.2 Å². The van der Waals surface area contributed by atoms with Gasteiger partial charge in [-0.3, -0.25) is 13.9 Å². The summed E-state index contributed by atoms with van der Waals surface area (Å²) < 4.78 is 31.9. The minimum atomic E-state index is -3.62. The Morgan fingerprint density at radius 2 is 1.67 bits per heavy atom. The Labute approximate surface area is 254 Å². The van der Waals surface area contributed by atoms with E-state index in [0.29, 0.717) is 22.9 Å². The Morgan fingerprint density at radius 3 is 2.31 bits per heavy atom. The van der Waals surface area contributed by atoms with E-state index >= 15 is 0 Å². The van der Waals surface area contributed by atoms with Crippen LogP contribution in [0.15, 0.2) is 78.9 Å². The number of amides is 2. The molecule has 3 rings (SSSR count). The molecule has 2 amide bonds. The monoisotopic (exact) mass is 613 g/mol. The molecule has 0 saturated heterocycles. The smallest absolute Gasteiger partial charge is 0.243 e. The maximum atomic E-state index is 13.9. The lowest BCUT2D eigenvalue weighted by Gasteiger charge is -2.33. The second kappa shape index (κ2) is 15.6. The summed E-state index contributed by atoms with van der Waals surface area (Å²) in [5.41, 5.74) is 2.17. The summed E-state index contributed by atoms with van der Waals surface area (Å²) in [5.74, 6) is 0.160. The number of hydrogen-bond acceptors (Lipinski definition) is 5. The van der Waals surface area contributed by atoms with E-state index in [0.717, 1.165) is 23.8 Å². The quantitative estimate of drug-likeness (QED) is 0.246. The number of rotatable bonds is 15. The normalized spacial score (nSPS) is 12.7. The molecule has 0 radical (unpaired) electrons. The number of halogens is 1. The molecule has 3 aromatic rings. The molecule has 0 spiro atoms. The lowest BCUT2D eigenvalue weighted by molar-refractivity contribution is -0.141. The molecule has 0 heterocycles. The van der Waals surface area contributed by atoms with Crippen molar-refractivity contribution in [3.05, 3.63) is 95.0 Å². The predicted molar refractivity (Wildman–Crippen MR) is 168 cm³/mol. The molecule has 0 saturated carbocycles. The number of carbonyl (C=O) groups is 2. The molecule has 0 aliphatic rings. The zero-order valence-electron chi connectivity index (χ0n) is 24.6. The molecule has 2 atom stereocenters. The number of nitrogens with one attached hydrogen (secondary N) is 1. The molecule has 1 N–H and O–H groups in total. The number of hydrogen-bond donors (Lipinski definition) is 1. The molecule has 3 aromatic carbocycles. The Morgan fingerprint density at radius 1 is 0.976 bits per heavy atom. The van der Waals surface area contributed by atoms with Crippen molar-refractivity contribution >= 4 is 39.1 Å². The van der Waals surface area contributed by atoms with E-state index in [1.807, 2.05) is 68.4 Å². The maximum Gasteiger partial charge on any atom is 0.243 e. The van der Waals surface area contributed by atoms with Crippen molar-refractivity contribution in [1.82, 2.24) is 10.2 Å². The number of ether oxygens (including phenoxy) is 1. The lowest BCUT2D eigenvalue weighted by Crippen LogP contribution is -2.52. The van der Waals surface area contributed by atoms with Crippen molar-refractivity contribution in [1.29, 1.82) is 0 Å². The average molecular weight is 614 g/mol. The highest BCUT2D eigenvalue weighted by Gasteiger charge is 2.31. The highest BCUT2D eigenvalue weighted by molar-refractivity contribution is 7.92. The van der Waals surface area contributed by atoms with E-state index in [2.05, 4.69) is 5.32 Å². The van der Waals surface area contributed by atoms with Crippen LogP contribution in [0, 0.1) is 0 Å². The van der Waals surface area contributed by atoms with Crippen molar-refractivity contribution < 1.29 is 22.7 Å². The van der Waals surface area contributed by atoms with Gasteiger partial charge in [-0.15, -0.1) is 0 Å². The molecular weight excluding hydrogens is 574 g/mol. The van der Waals surface area contributed by atoms with Crippen LogP contribution in [0.1, 0.15) is 44.2 Å². The fourth-order valence-electron chi connectivity index (χ4n) is 4.60. The van der Waals surface area contributed by atoms with E-state index in [1.54, 1.807) is 36.3 Å². The topological polar surface area (TPSA) is 96.0 Å². The zero-order chi connectivity index (χ0) is 30.7. The summed E-state index contributed by atoms with van der Waals surface area (Å²) >= 11 is 6.11. The molecule has 8 nitrogen and oxygen atoms in total. The van der Waals surface area contributed by atoms with Gasteiger partial charge in [0, 0.05) is 37.0 Å². The Bertz CT molecular complexity index is 1430. The Hall–Kier alpha value is -3.56. The largest absolute Gasteiger partial charge is 0.497 e. The zero-order valence-corrected chi connectivity index (χ0v) is 26.2. The minimum absolute atomic E-state index is 0.0401. The van der Waals surface area contributed by atoms with E-state index < -0.39 is 16.1 Å². The van der Waals surface area contributed by atoms with Crippen LogP contribution >= 0.6 is 11.6 Å². The van der Waals surface area contributed by atoms with Crippen molar-refractivity contribution in [2.75, 3.05) is 24.2 Å². The molecule has 226 valence electrons. The highest BCUT2D eigenvalue weighted by Crippen LogP contribution is 2.23. The third-order valence-electron chi connectivity index (χ3n) is 7.01.